The van der Waals surface area contributed by atoms with E-state index >= 15 is 0 Å². The van der Waals surface area contributed by atoms with Gasteiger partial charge in [0.1, 0.15) is 5.82 Å². The molecule has 1 amide bonds. The van der Waals surface area contributed by atoms with Crippen LogP contribution in [-0.2, 0) is 4.79 Å². The zero-order valence-electron chi connectivity index (χ0n) is 11.6. The van der Waals surface area contributed by atoms with Crippen LogP contribution >= 0.6 is 11.6 Å². The number of amides is 1. The van der Waals surface area contributed by atoms with Crippen molar-refractivity contribution in [3.63, 3.8) is 0 Å². The van der Waals surface area contributed by atoms with Gasteiger partial charge in [-0.2, -0.15) is 0 Å². The number of halogens is 2. The first kappa shape index (κ1) is 14.7. The molecule has 0 aliphatic heterocycles. The molecule has 2 N–H and O–H groups in total. The first-order valence-electron chi connectivity index (χ1n) is 6.98. The van der Waals surface area contributed by atoms with Crippen LogP contribution in [0.15, 0.2) is 30.3 Å². The van der Waals surface area contributed by atoms with E-state index < -0.39 is 5.82 Å². The Morgan fingerprint density at radius 2 is 1.91 bits per heavy atom. The van der Waals surface area contributed by atoms with Crippen LogP contribution < -0.4 is 10.6 Å². The van der Waals surface area contributed by atoms with E-state index in [1.807, 2.05) is 0 Å². The van der Waals surface area contributed by atoms with Gasteiger partial charge in [-0.05, 0) is 43.2 Å². The van der Waals surface area contributed by atoms with E-state index in [0.717, 1.165) is 19.3 Å². The van der Waals surface area contributed by atoms with Crippen molar-refractivity contribution >= 4 is 34.8 Å². The van der Waals surface area contributed by atoms with Crippen LogP contribution in [0, 0.1) is 11.7 Å². The van der Waals surface area contributed by atoms with Gasteiger partial charge >= 0.3 is 0 Å². The Bertz CT molecular complexity index is 688. The molecule has 22 heavy (non-hydrogen) atoms. The molecule has 1 saturated carbocycles. The average molecular weight is 321 g/mol. The van der Waals surface area contributed by atoms with Gasteiger partial charge in [0.05, 0.1) is 5.02 Å². The predicted octanol–water partition coefficient (Wildman–Crippen LogP) is 3.75. The van der Waals surface area contributed by atoms with E-state index in [-0.39, 0.29) is 16.8 Å². The number of rotatable bonds is 4. The van der Waals surface area contributed by atoms with Crippen molar-refractivity contribution in [1.29, 1.82) is 0 Å². The molecule has 1 heterocycles. The van der Waals surface area contributed by atoms with Crippen LogP contribution in [-0.4, -0.2) is 16.1 Å². The average Bonchev–Trinajstić information content (AvgIpc) is 2.43. The smallest absolute Gasteiger partial charge is 0.228 e. The molecule has 1 aliphatic rings. The summed E-state index contributed by atoms with van der Waals surface area (Å²) >= 11 is 5.71. The molecular formula is C15H14ClFN4O. The summed E-state index contributed by atoms with van der Waals surface area (Å²) < 4.78 is 13.1. The monoisotopic (exact) mass is 320 g/mol. The number of aromatic nitrogens is 2. The summed E-state index contributed by atoms with van der Waals surface area (Å²) in [6.45, 7) is 0. The van der Waals surface area contributed by atoms with Crippen LogP contribution in [0.5, 0.6) is 0 Å². The molecule has 7 heteroatoms. The van der Waals surface area contributed by atoms with Crippen LogP contribution in [0.1, 0.15) is 19.3 Å². The largest absolute Gasteiger partial charge is 0.339 e. The third-order valence-electron chi connectivity index (χ3n) is 3.58. The molecule has 0 spiro atoms. The summed E-state index contributed by atoms with van der Waals surface area (Å²) in [6.07, 6.45) is 2.97. The lowest BCUT2D eigenvalue weighted by Crippen LogP contribution is -2.28. The highest BCUT2D eigenvalue weighted by molar-refractivity contribution is 6.31. The van der Waals surface area contributed by atoms with Crippen molar-refractivity contribution in [3.05, 3.63) is 41.2 Å². The molecule has 1 fully saturated rings. The normalized spacial score (nSPS) is 14.3. The van der Waals surface area contributed by atoms with Crippen molar-refractivity contribution in [2.75, 3.05) is 10.6 Å². The lowest BCUT2D eigenvalue weighted by atomic mass is 9.85. The van der Waals surface area contributed by atoms with Gasteiger partial charge < -0.3 is 10.6 Å². The third-order valence-corrected chi connectivity index (χ3v) is 3.87. The highest BCUT2D eigenvalue weighted by atomic mass is 35.5. The summed E-state index contributed by atoms with van der Waals surface area (Å²) in [5.41, 5.74) is 0.604. The van der Waals surface area contributed by atoms with Crippen molar-refractivity contribution in [1.82, 2.24) is 10.2 Å². The first-order valence-corrected chi connectivity index (χ1v) is 7.36. The van der Waals surface area contributed by atoms with Gasteiger partial charge in [0.2, 0.25) is 5.91 Å². The van der Waals surface area contributed by atoms with Crippen LogP contribution in [0.2, 0.25) is 5.02 Å². The number of nitrogens with zero attached hydrogens (tertiary/aromatic N) is 2. The zero-order valence-corrected chi connectivity index (χ0v) is 12.4. The summed E-state index contributed by atoms with van der Waals surface area (Å²) in [5, 5.41) is 13.6. The third kappa shape index (κ3) is 3.33. The first-order chi connectivity index (χ1) is 10.6. The van der Waals surface area contributed by atoms with Crippen molar-refractivity contribution in [2.45, 2.75) is 19.3 Å². The van der Waals surface area contributed by atoms with Crippen molar-refractivity contribution in [3.8, 4) is 0 Å². The fraction of sp³-hybridized carbons (Fsp3) is 0.267. The van der Waals surface area contributed by atoms with E-state index in [9.17, 15) is 9.18 Å². The summed E-state index contributed by atoms with van der Waals surface area (Å²) in [4.78, 5) is 11.8. The highest BCUT2D eigenvalue weighted by Gasteiger charge is 2.25. The molecule has 0 atom stereocenters. The minimum absolute atomic E-state index is 0.00780. The van der Waals surface area contributed by atoms with E-state index in [1.165, 1.54) is 12.1 Å². The van der Waals surface area contributed by atoms with Gasteiger partial charge in [0.25, 0.3) is 0 Å². The molecule has 3 rings (SSSR count). The van der Waals surface area contributed by atoms with Gasteiger partial charge in [-0.3, -0.25) is 4.79 Å². The number of anilines is 3. The second kappa shape index (κ2) is 6.27. The van der Waals surface area contributed by atoms with Gasteiger partial charge in [0.15, 0.2) is 11.6 Å². The van der Waals surface area contributed by atoms with Gasteiger partial charge in [-0.1, -0.05) is 18.0 Å². The SMILES string of the molecule is O=C(Nc1ccc(Nc2ccc(F)c(Cl)c2)nn1)C1CCC1. The minimum atomic E-state index is -0.479. The van der Waals surface area contributed by atoms with Crippen LogP contribution in [0.4, 0.5) is 21.7 Å². The Morgan fingerprint density at radius 1 is 1.18 bits per heavy atom. The van der Waals surface area contributed by atoms with E-state index in [1.54, 1.807) is 18.2 Å². The number of carbonyl (C=O) groups excluding carboxylic acids is 1. The molecule has 1 aromatic heterocycles. The van der Waals surface area contributed by atoms with Crippen LogP contribution in [0.25, 0.3) is 0 Å². The summed E-state index contributed by atoms with van der Waals surface area (Å²) in [7, 11) is 0. The molecule has 0 radical (unpaired) electrons. The molecule has 5 nitrogen and oxygen atoms in total. The maximum Gasteiger partial charge on any atom is 0.228 e. The Balaban J connectivity index is 1.63. The topological polar surface area (TPSA) is 66.9 Å². The number of nitrogens with one attached hydrogen (secondary N) is 2. The Morgan fingerprint density at radius 3 is 2.50 bits per heavy atom. The van der Waals surface area contributed by atoms with Crippen molar-refractivity contribution in [2.24, 2.45) is 5.92 Å². The Labute approximate surface area is 131 Å². The predicted molar refractivity (Wildman–Crippen MR) is 82.7 cm³/mol. The van der Waals surface area contributed by atoms with E-state index in [4.69, 9.17) is 11.6 Å². The molecule has 0 bridgehead atoms. The number of hydrogen-bond donors (Lipinski definition) is 2. The highest BCUT2D eigenvalue weighted by Crippen LogP contribution is 2.27. The van der Waals surface area contributed by atoms with E-state index in [0.29, 0.717) is 17.3 Å². The molecule has 2 aromatic rings. The number of hydrogen-bond acceptors (Lipinski definition) is 4. The van der Waals surface area contributed by atoms with Gasteiger partial charge in [-0.15, -0.1) is 10.2 Å². The fourth-order valence-corrected chi connectivity index (χ4v) is 2.27. The molecule has 0 unspecified atom stereocenters. The van der Waals surface area contributed by atoms with E-state index in [2.05, 4.69) is 20.8 Å². The standard InChI is InChI=1S/C15H14ClFN4O/c16-11-8-10(4-5-12(11)17)18-13-6-7-14(21-20-13)19-15(22)9-2-1-3-9/h4-9H,1-3H2,(H,18,20)(H,19,21,22). The van der Waals surface area contributed by atoms with Gasteiger partial charge in [-0.25, -0.2) is 4.39 Å². The lowest BCUT2D eigenvalue weighted by molar-refractivity contribution is -0.122. The molecule has 114 valence electrons. The molecule has 0 saturated heterocycles. The molecule has 1 aromatic carbocycles. The molecular weight excluding hydrogens is 307 g/mol. The fourth-order valence-electron chi connectivity index (χ4n) is 2.09. The second-order valence-corrected chi connectivity index (χ2v) is 5.58. The Hall–Kier alpha value is -2.21. The lowest BCUT2D eigenvalue weighted by Gasteiger charge is -2.23. The quantitative estimate of drug-likeness (QED) is 0.900. The maximum atomic E-state index is 13.1. The summed E-state index contributed by atoms with van der Waals surface area (Å²) in [5.74, 6) is 0.504. The van der Waals surface area contributed by atoms with Crippen molar-refractivity contribution < 1.29 is 9.18 Å². The minimum Gasteiger partial charge on any atom is -0.339 e. The Kier molecular flexibility index (Phi) is 4.20. The van der Waals surface area contributed by atoms with Gasteiger partial charge in [0, 0.05) is 11.6 Å². The molecule has 1 aliphatic carbocycles. The number of carbonyl (C=O) groups is 1. The van der Waals surface area contributed by atoms with Crippen LogP contribution in [0.3, 0.4) is 0 Å². The maximum absolute atomic E-state index is 13.1. The summed E-state index contributed by atoms with van der Waals surface area (Å²) in [6, 6.07) is 7.63. The zero-order chi connectivity index (χ0) is 15.5. The number of benzene rings is 1. The second-order valence-electron chi connectivity index (χ2n) is 5.17.